The second kappa shape index (κ2) is 10.4. The van der Waals surface area contributed by atoms with Crippen LogP contribution in [0.5, 0.6) is 11.5 Å². The van der Waals surface area contributed by atoms with Crippen molar-refractivity contribution in [1.29, 1.82) is 0 Å². The maximum absolute atomic E-state index is 6.81. The van der Waals surface area contributed by atoms with Crippen LogP contribution in [0.2, 0.25) is 0 Å². The van der Waals surface area contributed by atoms with Crippen molar-refractivity contribution in [1.82, 2.24) is 7.21 Å². The summed E-state index contributed by atoms with van der Waals surface area (Å²) in [6.45, 7) is 4.80. The van der Waals surface area contributed by atoms with E-state index in [1.807, 2.05) is 0 Å². The van der Waals surface area contributed by atoms with Crippen LogP contribution >= 0.6 is 0 Å². The van der Waals surface area contributed by atoms with Crippen LogP contribution in [0.15, 0.2) is 36.4 Å². The minimum absolute atomic E-state index is 0.412. The maximum atomic E-state index is 6.81. The topological polar surface area (TPSA) is 43.4 Å². The Kier molecular flexibility index (Phi) is 6.71. The summed E-state index contributed by atoms with van der Waals surface area (Å²) in [6.07, 6.45) is 14.9. The molecular formula is C33H42Ga2N2O4. The second-order valence-corrected chi connectivity index (χ2v) is 21.3. The first-order valence-corrected chi connectivity index (χ1v) is 22.7. The average molecular weight is 670 g/mol. The van der Waals surface area contributed by atoms with Gasteiger partial charge < -0.3 is 0 Å². The molecule has 6 fully saturated rings. The number of fused-ring (bicyclic) bond motifs is 3. The summed E-state index contributed by atoms with van der Waals surface area (Å²) in [4.78, 5) is 0. The third-order valence-electron chi connectivity index (χ3n) is 11.8. The number of benzene rings is 2. The van der Waals surface area contributed by atoms with E-state index in [9.17, 15) is 0 Å². The van der Waals surface area contributed by atoms with Gasteiger partial charge in [-0.1, -0.05) is 0 Å². The van der Waals surface area contributed by atoms with Crippen molar-refractivity contribution < 1.29 is 14.1 Å². The summed E-state index contributed by atoms with van der Waals surface area (Å²) in [5.41, 5.74) is 5.43. The molecule has 8 atom stereocenters. The van der Waals surface area contributed by atoms with Crippen LogP contribution in [0.25, 0.3) is 11.1 Å². The Hall–Kier alpha value is -0.847. The first-order chi connectivity index (χ1) is 20.1. The van der Waals surface area contributed by atoms with Gasteiger partial charge in [0.2, 0.25) is 0 Å². The van der Waals surface area contributed by atoms with Gasteiger partial charge >= 0.3 is 259 Å². The van der Waals surface area contributed by atoms with Gasteiger partial charge in [0.05, 0.1) is 0 Å². The molecule has 4 heterocycles. The van der Waals surface area contributed by atoms with Crippen molar-refractivity contribution in [3.05, 3.63) is 47.5 Å². The van der Waals surface area contributed by atoms with Crippen LogP contribution in [0.4, 0.5) is 0 Å². The molecule has 0 spiro atoms. The van der Waals surface area contributed by atoms with Crippen LogP contribution in [-0.4, -0.2) is 78.0 Å². The van der Waals surface area contributed by atoms with Gasteiger partial charge in [0.25, 0.3) is 0 Å². The van der Waals surface area contributed by atoms with Crippen molar-refractivity contribution in [2.75, 3.05) is 0 Å². The predicted molar refractivity (Wildman–Crippen MR) is 161 cm³/mol. The molecule has 9 rings (SSSR count). The quantitative estimate of drug-likeness (QED) is 0.314. The molecule has 2 aromatic rings. The van der Waals surface area contributed by atoms with Crippen molar-refractivity contribution in [3.8, 4) is 22.6 Å². The normalized spacial score (nSPS) is 37.4. The molecule has 8 heteroatoms. The molecule has 4 saturated heterocycles. The Balaban J connectivity index is 0.919. The van der Waals surface area contributed by atoms with Crippen molar-refractivity contribution in [2.45, 2.75) is 121 Å². The molecule has 0 radical (unpaired) electrons. The average Bonchev–Trinajstić information content (AvgIpc) is 3.65. The summed E-state index contributed by atoms with van der Waals surface area (Å²) >= 11 is -5.03. The first-order valence-electron chi connectivity index (χ1n) is 16.6. The van der Waals surface area contributed by atoms with E-state index in [4.69, 9.17) is 14.1 Å². The minimum atomic E-state index is -2.52. The molecule has 2 aromatic carbocycles. The number of hydrogen-bond acceptors (Lipinski definition) is 6. The van der Waals surface area contributed by atoms with Crippen LogP contribution in [0.1, 0.15) is 89.2 Å². The Morgan fingerprint density at radius 3 is 1.61 bits per heavy atom. The van der Waals surface area contributed by atoms with Gasteiger partial charge in [0.1, 0.15) is 0 Å². The molecule has 4 aliphatic heterocycles. The van der Waals surface area contributed by atoms with E-state index < -0.39 is 34.4 Å². The van der Waals surface area contributed by atoms with Crippen LogP contribution in [0, 0.1) is 11.8 Å². The molecule has 6 nitrogen and oxygen atoms in total. The number of rotatable bonds is 4. The summed E-state index contributed by atoms with van der Waals surface area (Å²) in [7, 11) is 0. The fraction of sp³-hybridized carbons (Fsp3) is 0.636. The van der Waals surface area contributed by atoms with Gasteiger partial charge in [-0.25, -0.2) is 0 Å². The Morgan fingerprint density at radius 1 is 0.634 bits per heavy atom. The van der Waals surface area contributed by atoms with E-state index in [-0.39, 0.29) is 0 Å². The Labute approximate surface area is 257 Å². The third-order valence-corrected chi connectivity index (χ3v) is 21.9. The van der Waals surface area contributed by atoms with E-state index in [0.29, 0.717) is 36.4 Å². The Bertz CT molecular complexity index is 1240. The number of nitrogens with zero attached hydrogens (tertiary/aromatic N) is 2. The standard InChI is InChI=1S/C13H10O2.2C10H17NO.2Ga/c14-10-1-3-12-8(6-10)5-9-7-11(15)2-4-13(9)12;2*1-7-5-6-8-3-2-4-9(12)10(8)11-7;;/h1-4,6-7,14-15H,5H2;2*7-10H,2-6H2,1H3;;/q;2*-2;2*+3/p-2. The van der Waals surface area contributed by atoms with Gasteiger partial charge in [-0.15, -0.1) is 0 Å². The number of piperidine rings is 2. The first kappa shape index (κ1) is 26.5. The molecule has 7 aliphatic rings. The molecule has 2 saturated carbocycles. The fourth-order valence-corrected chi connectivity index (χ4v) is 20.7. The molecule has 0 bridgehead atoms. The van der Waals surface area contributed by atoms with Crippen LogP contribution < -0.4 is 7.06 Å². The molecule has 3 aliphatic carbocycles. The van der Waals surface area contributed by atoms with E-state index >= 15 is 0 Å². The van der Waals surface area contributed by atoms with Gasteiger partial charge in [-0.05, 0) is 0 Å². The van der Waals surface area contributed by atoms with E-state index in [2.05, 4.69) is 57.5 Å². The molecule has 0 N–H and O–H groups in total. The van der Waals surface area contributed by atoms with Crippen LogP contribution in [-0.2, 0) is 13.5 Å². The summed E-state index contributed by atoms with van der Waals surface area (Å²) < 4.78 is 32.6. The SMILES string of the molecule is CC1CCC2CCCC3[O][Ga]([O]c4ccc5c(c4)Cc4cc([O][Ga]6[O]C7CCCC8CCC(C)[N]6C87)ccc4-5)[N]1C23. The molecule has 0 aromatic heterocycles. The summed E-state index contributed by atoms with van der Waals surface area (Å²) in [6, 6.07) is 16.0. The zero-order valence-corrected chi connectivity index (χ0v) is 29.4. The van der Waals surface area contributed by atoms with E-state index in [0.717, 1.165) is 29.8 Å². The number of hydrogen-bond donors (Lipinski definition) is 0. The van der Waals surface area contributed by atoms with Gasteiger partial charge in [0, 0.05) is 0 Å². The summed E-state index contributed by atoms with van der Waals surface area (Å²) in [5.74, 6) is 3.66. The zero-order chi connectivity index (χ0) is 27.2. The Morgan fingerprint density at radius 2 is 1.12 bits per heavy atom. The predicted octanol–water partition coefficient (Wildman–Crippen LogP) is 6.09. The molecular weight excluding hydrogens is 628 g/mol. The second-order valence-electron chi connectivity index (χ2n) is 14.1. The monoisotopic (exact) mass is 668 g/mol. The van der Waals surface area contributed by atoms with Crippen molar-refractivity contribution in [3.63, 3.8) is 0 Å². The molecule has 214 valence electrons. The van der Waals surface area contributed by atoms with Crippen molar-refractivity contribution in [2.24, 2.45) is 11.8 Å². The fourth-order valence-electron chi connectivity index (χ4n) is 9.90. The van der Waals surface area contributed by atoms with Crippen molar-refractivity contribution >= 4 is 34.4 Å². The van der Waals surface area contributed by atoms with Gasteiger partial charge in [-0.2, -0.15) is 0 Å². The van der Waals surface area contributed by atoms with E-state index in [1.54, 1.807) is 0 Å². The summed E-state index contributed by atoms with van der Waals surface area (Å²) in [5, 5.41) is 0. The molecule has 0 amide bonds. The third kappa shape index (κ3) is 4.37. The molecule has 8 unspecified atom stereocenters. The van der Waals surface area contributed by atoms with Gasteiger partial charge in [-0.3, -0.25) is 0 Å². The molecule has 41 heavy (non-hydrogen) atoms. The van der Waals surface area contributed by atoms with E-state index in [1.165, 1.54) is 86.5 Å². The van der Waals surface area contributed by atoms with Gasteiger partial charge in [0.15, 0.2) is 0 Å². The zero-order valence-electron chi connectivity index (χ0n) is 24.5. The van der Waals surface area contributed by atoms with Crippen LogP contribution in [0.3, 0.4) is 0 Å².